The van der Waals surface area contributed by atoms with Crippen molar-refractivity contribution in [2.45, 2.75) is 19.5 Å². The van der Waals surface area contributed by atoms with E-state index in [0.717, 1.165) is 22.1 Å². The Balaban J connectivity index is 2.20. The highest BCUT2D eigenvalue weighted by Crippen LogP contribution is 2.24. The summed E-state index contributed by atoms with van der Waals surface area (Å²) in [6, 6.07) is 13.2. The van der Waals surface area contributed by atoms with E-state index in [-0.39, 0.29) is 11.9 Å². The van der Waals surface area contributed by atoms with Gasteiger partial charge in [0.25, 0.3) is 0 Å². The molecule has 0 aromatic heterocycles. The van der Waals surface area contributed by atoms with Gasteiger partial charge in [0.15, 0.2) is 0 Å². The standard InChI is InChI=1S/C17H20BrFN2/c1-12-8-15(19)6-7-16(12)17(10-20)21(2)11-13-4-3-5-14(18)9-13/h3-9,17H,10-11,20H2,1-2H3. The molecule has 4 heteroatoms. The van der Waals surface area contributed by atoms with Gasteiger partial charge in [-0.3, -0.25) is 4.90 Å². The lowest BCUT2D eigenvalue weighted by Crippen LogP contribution is -2.30. The number of hydrogen-bond donors (Lipinski definition) is 1. The summed E-state index contributed by atoms with van der Waals surface area (Å²) in [5.74, 6) is -0.207. The van der Waals surface area contributed by atoms with E-state index >= 15 is 0 Å². The minimum Gasteiger partial charge on any atom is -0.329 e. The maximum absolute atomic E-state index is 13.3. The second-order valence-corrected chi connectivity index (χ2v) is 6.21. The van der Waals surface area contributed by atoms with Gasteiger partial charge in [0.05, 0.1) is 0 Å². The fraction of sp³-hybridized carbons (Fsp3) is 0.294. The number of benzene rings is 2. The molecule has 2 rings (SSSR count). The van der Waals surface area contributed by atoms with Crippen molar-refractivity contribution in [1.82, 2.24) is 4.90 Å². The summed E-state index contributed by atoms with van der Waals surface area (Å²) >= 11 is 3.49. The van der Waals surface area contributed by atoms with Crippen LogP contribution in [-0.2, 0) is 6.54 Å². The quantitative estimate of drug-likeness (QED) is 0.881. The van der Waals surface area contributed by atoms with E-state index in [1.54, 1.807) is 6.07 Å². The van der Waals surface area contributed by atoms with Crippen LogP contribution in [0.25, 0.3) is 0 Å². The summed E-state index contributed by atoms with van der Waals surface area (Å²) in [6.45, 7) is 3.21. The normalized spacial score (nSPS) is 12.7. The summed E-state index contributed by atoms with van der Waals surface area (Å²) in [6.07, 6.45) is 0. The van der Waals surface area contributed by atoms with Crippen molar-refractivity contribution in [3.05, 3.63) is 69.4 Å². The van der Waals surface area contributed by atoms with E-state index in [9.17, 15) is 4.39 Å². The molecule has 0 bridgehead atoms. The van der Waals surface area contributed by atoms with Crippen LogP contribution in [0.5, 0.6) is 0 Å². The fourth-order valence-corrected chi connectivity index (χ4v) is 3.04. The Kier molecular flexibility index (Phi) is 5.51. The third kappa shape index (κ3) is 4.13. The molecule has 0 amide bonds. The summed E-state index contributed by atoms with van der Waals surface area (Å²) in [4.78, 5) is 2.20. The number of nitrogens with two attached hydrogens (primary N) is 1. The lowest BCUT2D eigenvalue weighted by atomic mass is 9.99. The molecule has 2 aromatic rings. The van der Waals surface area contributed by atoms with E-state index in [1.165, 1.54) is 11.6 Å². The maximum Gasteiger partial charge on any atom is 0.123 e. The Morgan fingerprint density at radius 3 is 2.62 bits per heavy atom. The van der Waals surface area contributed by atoms with Crippen LogP contribution in [0.15, 0.2) is 46.9 Å². The Labute approximate surface area is 133 Å². The lowest BCUT2D eigenvalue weighted by molar-refractivity contribution is 0.241. The van der Waals surface area contributed by atoms with Crippen LogP contribution in [0.3, 0.4) is 0 Å². The van der Waals surface area contributed by atoms with Crippen molar-refractivity contribution in [3.8, 4) is 0 Å². The fourth-order valence-electron chi connectivity index (χ4n) is 2.59. The predicted octanol–water partition coefficient (Wildman–Crippen LogP) is 4.03. The zero-order valence-electron chi connectivity index (χ0n) is 12.3. The van der Waals surface area contributed by atoms with E-state index < -0.39 is 0 Å². The molecule has 0 saturated carbocycles. The first-order chi connectivity index (χ1) is 10.0. The van der Waals surface area contributed by atoms with E-state index in [1.807, 2.05) is 32.2 Å². The van der Waals surface area contributed by atoms with Gasteiger partial charge in [0, 0.05) is 23.6 Å². The van der Waals surface area contributed by atoms with Crippen LogP contribution >= 0.6 is 15.9 Å². The minimum atomic E-state index is -0.207. The summed E-state index contributed by atoms with van der Waals surface area (Å²) in [5.41, 5.74) is 9.18. The van der Waals surface area contributed by atoms with E-state index in [2.05, 4.69) is 33.0 Å². The Morgan fingerprint density at radius 2 is 2.00 bits per heavy atom. The lowest BCUT2D eigenvalue weighted by Gasteiger charge is -2.28. The zero-order valence-corrected chi connectivity index (χ0v) is 13.9. The van der Waals surface area contributed by atoms with Gasteiger partial charge in [-0.2, -0.15) is 0 Å². The van der Waals surface area contributed by atoms with Crippen LogP contribution in [0.4, 0.5) is 4.39 Å². The van der Waals surface area contributed by atoms with Gasteiger partial charge in [-0.15, -0.1) is 0 Å². The van der Waals surface area contributed by atoms with Crippen LogP contribution in [-0.4, -0.2) is 18.5 Å². The summed E-state index contributed by atoms with van der Waals surface area (Å²) < 4.78 is 14.3. The van der Waals surface area contributed by atoms with Gasteiger partial charge in [0.2, 0.25) is 0 Å². The smallest absolute Gasteiger partial charge is 0.123 e. The first kappa shape index (κ1) is 16.1. The van der Waals surface area contributed by atoms with Gasteiger partial charge in [-0.25, -0.2) is 4.39 Å². The molecule has 0 radical (unpaired) electrons. The average molecular weight is 351 g/mol. The first-order valence-corrected chi connectivity index (χ1v) is 7.71. The third-order valence-corrected chi connectivity index (χ3v) is 4.16. The molecule has 0 aliphatic carbocycles. The Bertz CT molecular complexity index is 615. The van der Waals surface area contributed by atoms with Crippen LogP contribution in [0.2, 0.25) is 0 Å². The molecule has 1 atom stereocenters. The second kappa shape index (κ2) is 7.16. The summed E-state index contributed by atoms with van der Waals surface area (Å²) in [7, 11) is 2.04. The number of halogens is 2. The van der Waals surface area contributed by atoms with Gasteiger partial charge in [-0.1, -0.05) is 34.1 Å². The molecular formula is C17H20BrFN2. The highest BCUT2D eigenvalue weighted by atomic mass is 79.9. The molecule has 2 nitrogen and oxygen atoms in total. The van der Waals surface area contributed by atoms with Gasteiger partial charge in [0.1, 0.15) is 5.82 Å². The molecule has 0 heterocycles. The predicted molar refractivity (Wildman–Crippen MR) is 88.5 cm³/mol. The Hall–Kier alpha value is -1.23. The van der Waals surface area contributed by atoms with Gasteiger partial charge < -0.3 is 5.73 Å². The van der Waals surface area contributed by atoms with Crippen LogP contribution < -0.4 is 5.73 Å². The van der Waals surface area contributed by atoms with Gasteiger partial charge >= 0.3 is 0 Å². The first-order valence-electron chi connectivity index (χ1n) is 6.92. The van der Waals surface area contributed by atoms with Crippen molar-refractivity contribution in [2.24, 2.45) is 5.73 Å². The molecule has 2 aromatic carbocycles. The number of likely N-dealkylation sites (N-methyl/N-ethyl adjacent to an activating group) is 1. The largest absolute Gasteiger partial charge is 0.329 e. The van der Waals surface area contributed by atoms with Crippen molar-refractivity contribution in [3.63, 3.8) is 0 Å². The number of nitrogens with zero attached hydrogens (tertiary/aromatic N) is 1. The van der Waals surface area contributed by atoms with Crippen molar-refractivity contribution >= 4 is 15.9 Å². The maximum atomic E-state index is 13.3. The molecule has 0 saturated heterocycles. The van der Waals surface area contributed by atoms with Crippen LogP contribution in [0, 0.1) is 12.7 Å². The zero-order chi connectivity index (χ0) is 15.4. The highest BCUT2D eigenvalue weighted by molar-refractivity contribution is 9.10. The third-order valence-electron chi connectivity index (χ3n) is 3.67. The molecule has 1 unspecified atom stereocenters. The highest BCUT2D eigenvalue weighted by Gasteiger charge is 2.18. The van der Waals surface area contributed by atoms with Crippen molar-refractivity contribution in [2.75, 3.05) is 13.6 Å². The summed E-state index contributed by atoms with van der Waals surface area (Å²) in [5, 5.41) is 0. The van der Waals surface area contributed by atoms with E-state index in [0.29, 0.717) is 6.54 Å². The molecule has 0 fully saturated rings. The second-order valence-electron chi connectivity index (χ2n) is 5.30. The number of aryl methyl sites for hydroxylation is 1. The SMILES string of the molecule is Cc1cc(F)ccc1C(CN)N(C)Cc1cccc(Br)c1. The molecule has 112 valence electrons. The Morgan fingerprint density at radius 1 is 1.24 bits per heavy atom. The molecular weight excluding hydrogens is 331 g/mol. The monoisotopic (exact) mass is 350 g/mol. The molecule has 0 spiro atoms. The molecule has 2 N–H and O–H groups in total. The minimum absolute atomic E-state index is 0.0737. The average Bonchev–Trinajstić information content (AvgIpc) is 2.42. The van der Waals surface area contributed by atoms with Crippen molar-refractivity contribution in [1.29, 1.82) is 0 Å². The number of rotatable bonds is 5. The number of hydrogen-bond acceptors (Lipinski definition) is 2. The topological polar surface area (TPSA) is 29.3 Å². The van der Waals surface area contributed by atoms with Crippen molar-refractivity contribution < 1.29 is 4.39 Å². The molecule has 0 aliphatic heterocycles. The molecule has 21 heavy (non-hydrogen) atoms. The molecule has 0 aliphatic rings. The van der Waals surface area contributed by atoms with E-state index in [4.69, 9.17) is 5.73 Å². The van der Waals surface area contributed by atoms with Crippen LogP contribution in [0.1, 0.15) is 22.7 Å². The van der Waals surface area contributed by atoms with Gasteiger partial charge in [-0.05, 0) is 54.9 Å².